The number of halogens is 1. The van der Waals surface area contributed by atoms with Crippen molar-refractivity contribution in [3.63, 3.8) is 0 Å². The number of nitrogens with zero attached hydrogens (tertiary/aromatic N) is 1. The molecule has 142 valence electrons. The van der Waals surface area contributed by atoms with Crippen LogP contribution in [0.15, 0.2) is 45.5 Å². The number of nitrogens with one attached hydrogen (secondary N) is 3. The van der Waals surface area contributed by atoms with Crippen LogP contribution in [0.4, 0.5) is 5.69 Å². The number of hydrazine groups is 1. The first-order chi connectivity index (χ1) is 13.0. The lowest BCUT2D eigenvalue weighted by atomic mass is 10.0. The fourth-order valence-electron chi connectivity index (χ4n) is 2.86. The van der Waals surface area contributed by atoms with Gasteiger partial charge in [0, 0.05) is 12.2 Å². The Hall–Kier alpha value is -2.81. The highest BCUT2D eigenvalue weighted by Gasteiger charge is 2.19. The Bertz CT molecular complexity index is 851. The van der Waals surface area contributed by atoms with Crippen molar-refractivity contribution < 1.29 is 18.8 Å². The van der Waals surface area contributed by atoms with Crippen LogP contribution in [-0.4, -0.2) is 37.4 Å². The summed E-state index contributed by atoms with van der Waals surface area (Å²) in [7, 11) is 0. The van der Waals surface area contributed by atoms with Gasteiger partial charge in [-0.05, 0) is 52.5 Å². The summed E-state index contributed by atoms with van der Waals surface area (Å²) in [5.41, 5.74) is 6.91. The Morgan fingerprint density at radius 2 is 1.85 bits per heavy atom. The minimum absolute atomic E-state index is 0.0856. The van der Waals surface area contributed by atoms with Gasteiger partial charge in [0.2, 0.25) is 0 Å². The molecule has 0 atom stereocenters. The van der Waals surface area contributed by atoms with Gasteiger partial charge in [-0.2, -0.15) is 0 Å². The minimum Gasteiger partial charge on any atom is -0.444 e. The number of benzene rings is 1. The van der Waals surface area contributed by atoms with Crippen LogP contribution in [-0.2, 0) is 16.0 Å². The molecule has 1 aromatic carbocycles. The number of anilines is 1. The number of furan rings is 1. The van der Waals surface area contributed by atoms with Crippen LogP contribution < -0.4 is 21.1 Å². The van der Waals surface area contributed by atoms with Crippen LogP contribution in [0.2, 0.25) is 0 Å². The molecule has 0 fully saturated rings. The van der Waals surface area contributed by atoms with Gasteiger partial charge in [0.05, 0.1) is 13.1 Å². The van der Waals surface area contributed by atoms with Crippen LogP contribution in [0.25, 0.3) is 0 Å². The average Bonchev–Trinajstić information content (AvgIpc) is 3.11. The van der Waals surface area contributed by atoms with Gasteiger partial charge in [0.25, 0.3) is 17.7 Å². The van der Waals surface area contributed by atoms with Crippen molar-refractivity contribution in [1.82, 2.24) is 16.2 Å². The number of para-hydroxylation sites is 1. The molecule has 1 aromatic heterocycles. The Kier molecular flexibility index (Phi) is 6.12. The van der Waals surface area contributed by atoms with Gasteiger partial charge in [-0.25, -0.2) is 0 Å². The van der Waals surface area contributed by atoms with E-state index >= 15 is 0 Å². The third-order valence-electron chi connectivity index (χ3n) is 4.09. The zero-order valence-electron chi connectivity index (χ0n) is 14.5. The molecule has 0 radical (unpaired) electrons. The smallest absolute Gasteiger partial charge is 0.287 e. The molecule has 3 N–H and O–H groups in total. The lowest BCUT2D eigenvalue weighted by Gasteiger charge is -2.30. The number of carbonyl (C=O) groups excluding carboxylic acids is 3. The number of hydrogen-bond donors (Lipinski definition) is 3. The van der Waals surface area contributed by atoms with Crippen molar-refractivity contribution in [3.8, 4) is 0 Å². The highest BCUT2D eigenvalue weighted by atomic mass is 79.9. The van der Waals surface area contributed by atoms with Crippen LogP contribution in [0.1, 0.15) is 22.5 Å². The van der Waals surface area contributed by atoms with E-state index in [-0.39, 0.29) is 24.8 Å². The number of fused-ring (bicyclic) bond motifs is 1. The van der Waals surface area contributed by atoms with Gasteiger partial charge < -0.3 is 14.6 Å². The van der Waals surface area contributed by atoms with Crippen molar-refractivity contribution in [1.29, 1.82) is 0 Å². The molecule has 2 aromatic rings. The zero-order chi connectivity index (χ0) is 19.2. The molecule has 2 heterocycles. The summed E-state index contributed by atoms with van der Waals surface area (Å²) >= 11 is 3.09. The number of hydrogen-bond acceptors (Lipinski definition) is 5. The second kappa shape index (κ2) is 8.72. The summed E-state index contributed by atoms with van der Waals surface area (Å²) in [6, 6.07) is 11.0. The standard InChI is InChI=1S/C18H19BrN4O4/c19-15-8-7-14(27-15)18(26)20-10-16(24)21-22-17(25)11-23-9-3-5-12-4-1-2-6-13(12)23/h1-2,4,6-8H,3,5,9-11H2,(H,20,26)(H,21,24)(H,22,25). The normalized spacial score (nSPS) is 12.9. The maximum atomic E-state index is 12.1. The highest BCUT2D eigenvalue weighted by molar-refractivity contribution is 9.10. The minimum atomic E-state index is -0.540. The van der Waals surface area contributed by atoms with Crippen LogP contribution in [0, 0.1) is 0 Å². The summed E-state index contributed by atoms with van der Waals surface area (Å²) in [5, 5.41) is 2.40. The van der Waals surface area contributed by atoms with Gasteiger partial charge in [0.1, 0.15) is 0 Å². The third-order valence-corrected chi connectivity index (χ3v) is 4.51. The molecule has 0 aliphatic carbocycles. The molecular weight excluding hydrogens is 416 g/mol. The van der Waals surface area contributed by atoms with E-state index in [1.807, 2.05) is 23.1 Å². The van der Waals surface area contributed by atoms with E-state index in [4.69, 9.17) is 4.42 Å². The van der Waals surface area contributed by atoms with E-state index in [1.165, 1.54) is 11.6 Å². The monoisotopic (exact) mass is 434 g/mol. The van der Waals surface area contributed by atoms with Crippen LogP contribution >= 0.6 is 15.9 Å². The number of carbonyl (C=O) groups is 3. The number of aryl methyl sites for hydroxylation is 1. The molecular formula is C18H19BrN4O4. The predicted molar refractivity (Wildman–Crippen MR) is 102 cm³/mol. The van der Waals surface area contributed by atoms with E-state index in [1.54, 1.807) is 6.07 Å². The van der Waals surface area contributed by atoms with Crippen molar-refractivity contribution in [3.05, 3.63) is 52.4 Å². The molecule has 0 unspecified atom stereocenters. The molecule has 0 spiro atoms. The third kappa shape index (κ3) is 5.10. The first-order valence-corrected chi connectivity index (χ1v) is 9.26. The summed E-state index contributed by atoms with van der Waals surface area (Å²) < 4.78 is 5.51. The Balaban J connectivity index is 1.41. The average molecular weight is 435 g/mol. The molecule has 0 saturated heterocycles. The lowest BCUT2D eigenvalue weighted by molar-refractivity contribution is -0.127. The molecule has 9 heteroatoms. The van der Waals surface area contributed by atoms with E-state index in [9.17, 15) is 14.4 Å². The van der Waals surface area contributed by atoms with Crippen LogP contribution in [0.5, 0.6) is 0 Å². The fraction of sp³-hybridized carbons (Fsp3) is 0.278. The van der Waals surface area contributed by atoms with Crippen molar-refractivity contribution in [2.75, 3.05) is 24.5 Å². The van der Waals surface area contributed by atoms with E-state index in [0.717, 1.165) is 25.1 Å². The Morgan fingerprint density at radius 1 is 1.07 bits per heavy atom. The van der Waals surface area contributed by atoms with Crippen LogP contribution in [0.3, 0.4) is 0 Å². The number of amides is 3. The molecule has 1 aliphatic rings. The molecule has 3 amide bonds. The molecule has 3 rings (SSSR count). The van der Waals surface area contributed by atoms with Gasteiger partial charge >= 0.3 is 0 Å². The molecule has 8 nitrogen and oxygen atoms in total. The first kappa shape index (κ1) is 19.0. The second-order valence-electron chi connectivity index (χ2n) is 6.04. The van der Waals surface area contributed by atoms with Gasteiger partial charge in [-0.3, -0.25) is 25.2 Å². The maximum Gasteiger partial charge on any atom is 0.287 e. The molecule has 1 aliphatic heterocycles. The molecule has 0 saturated carbocycles. The SMILES string of the molecule is O=C(CNC(=O)c1ccc(Br)o1)NNC(=O)CN1CCCc2ccccc21. The second-order valence-corrected chi connectivity index (χ2v) is 6.82. The first-order valence-electron chi connectivity index (χ1n) is 8.47. The van der Waals surface area contributed by atoms with Crippen molar-refractivity contribution >= 4 is 39.3 Å². The Labute approximate surface area is 164 Å². The van der Waals surface area contributed by atoms with E-state index in [2.05, 4.69) is 38.2 Å². The van der Waals surface area contributed by atoms with Gasteiger partial charge in [-0.1, -0.05) is 18.2 Å². The largest absolute Gasteiger partial charge is 0.444 e. The predicted octanol–water partition coefficient (Wildman–Crippen LogP) is 1.37. The summed E-state index contributed by atoms with van der Waals surface area (Å²) in [6.45, 7) is 0.640. The maximum absolute atomic E-state index is 12.1. The highest BCUT2D eigenvalue weighted by Crippen LogP contribution is 2.26. The molecule has 27 heavy (non-hydrogen) atoms. The quantitative estimate of drug-likeness (QED) is 0.616. The van der Waals surface area contributed by atoms with E-state index in [0.29, 0.717) is 4.67 Å². The summed E-state index contributed by atoms with van der Waals surface area (Å²) in [5.74, 6) is -1.31. The van der Waals surface area contributed by atoms with Crippen molar-refractivity contribution in [2.45, 2.75) is 12.8 Å². The lowest BCUT2D eigenvalue weighted by Crippen LogP contribution is -2.49. The topological polar surface area (TPSA) is 104 Å². The van der Waals surface area contributed by atoms with E-state index < -0.39 is 11.8 Å². The van der Waals surface area contributed by atoms with Crippen molar-refractivity contribution in [2.24, 2.45) is 0 Å². The summed E-state index contributed by atoms with van der Waals surface area (Å²) in [6.07, 6.45) is 1.97. The summed E-state index contributed by atoms with van der Waals surface area (Å²) in [4.78, 5) is 37.7. The number of rotatable bonds is 5. The van der Waals surface area contributed by atoms with Gasteiger partial charge in [-0.15, -0.1) is 0 Å². The Morgan fingerprint density at radius 3 is 2.63 bits per heavy atom. The van der Waals surface area contributed by atoms with Gasteiger partial charge in [0.15, 0.2) is 10.4 Å². The molecule has 0 bridgehead atoms. The zero-order valence-corrected chi connectivity index (χ0v) is 16.0. The fourth-order valence-corrected chi connectivity index (χ4v) is 3.16.